The fourth-order valence-corrected chi connectivity index (χ4v) is 7.23. The maximum Gasteiger partial charge on any atom is 0.256 e. The van der Waals surface area contributed by atoms with Gasteiger partial charge in [0, 0.05) is 36.9 Å². The van der Waals surface area contributed by atoms with Crippen LogP contribution in [-0.4, -0.2) is 68.8 Å². The lowest BCUT2D eigenvalue weighted by Gasteiger charge is -2.29. The van der Waals surface area contributed by atoms with Crippen LogP contribution in [0.3, 0.4) is 0 Å². The first-order valence-electron chi connectivity index (χ1n) is 13.7. The lowest BCUT2D eigenvalue weighted by molar-refractivity contribution is 0.100. The van der Waals surface area contributed by atoms with Crippen molar-refractivity contribution in [3.63, 3.8) is 0 Å². The number of aromatic nitrogens is 4. The minimum absolute atomic E-state index is 0.102. The minimum atomic E-state index is -0.684. The highest BCUT2D eigenvalue weighted by Crippen LogP contribution is 2.39. The molecule has 2 fully saturated rings. The minimum Gasteiger partial charge on any atom is -0.439 e. The number of hydrogen-bond acceptors (Lipinski definition) is 13. The zero-order valence-corrected chi connectivity index (χ0v) is 24.0. The molecule has 218 valence electrons. The van der Waals surface area contributed by atoms with Crippen molar-refractivity contribution in [3.05, 3.63) is 45.8 Å². The van der Waals surface area contributed by atoms with Crippen LogP contribution in [0.25, 0.3) is 26.5 Å². The van der Waals surface area contributed by atoms with Gasteiger partial charge in [-0.2, -0.15) is 4.98 Å². The van der Waals surface area contributed by atoms with Crippen LogP contribution in [0, 0.1) is 0 Å². The summed E-state index contributed by atoms with van der Waals surface area (Å²) in [6.07, 6.45) is 7.89. The third kappa shape index (κ3) is 4.87. The van der Waals surface area contributed by atoms with Gasteiger partial charge >= 0.3 is 0 Å². The van der Waals surface area contributed by atoms with E-state index in [-0.39, 0.29) is 22.9 Å². The maximum atomic E-state index is 12.9. The van der Waals surface area contributed by atoms with E-state index in [0.29, 0.717) is 76.1 Å². The normalized spacial score (nSPS) is 19.4. The summed E-state index contributed by atoms with van der Waals surface area (Å²) in [7, 11) is 0. The van der Waals surface area contributed by atoms with Crippen LogP contribution in [0.2, 0.25) is 0 Å². The number of nitrogens with one attached hydrogen (secondary N) is 2. The summed E-state index contributed by atoms with van der Waals surface area (Å²) < 4.78 is 13.9. The Kier molecular flexibility index (Phi) is 7.01. The molecule has 1 aliphatic heterocycles. The third-order valence-electron chi connectivity index (χ3n) is 7.57. The Labute approximate surface area is 247 Å². The van der Waals surface area contributed by atoms with E-state index in [2.05, 4.69) is 20.6 Å². The number of thiophene rings is 1. The molecular weight excluding hydrogens is 580 g/mol. The predicted molar refractivity (Wildman–Crippen MR) is 161 cm³/mol. The van der Waals surface area contributed by atoms with Gasteiger partial charge in [-0.15, -0.1) is 11.3 Å². The number of ether oxygens (including phenoxy) is 1. The standard InChI is InChI=1S/C27H28N8O5S2/c28-23(38)20-24(33-27(35-6-5-29-25(20)35)31-15-3-1-2-4-16(15)36)32-18-12-30-26(42-18)14-13-41-22-17(37)11-19(40-21(14)22)34-7-9-39-10-8-34/h5-6,11-13,15-16,32,36H,1-4,7-10H2,(H2,28,38)(H,31,33)/t15-,16+/m1/s1. The number of carbonyl (C=O) groups is 1. The molecule has 1 saturated carbocycles. The van der Waals surface area contributed by atoms with Crippen molar-refractivity contribution in [1.82, 2.24) is 19.4 Å². The molecule has 5 aromatic rings. The van der Waals surface area contributed by atoms with Gasteiger partial charge in [-0.1, -0.05) is 24.2 Å². The zero-order chi connectivity index (χ0) is 28.8. The molecule has 1 amide bonds. The molecule has 0 spiro atoms. The largest absolute Gasteiger partial charge is 0.439 e. The number of amides is 1. The highest BCUT2D eigenvalue weighted by atomic mass is 32.1. The van der Waals surface area contributed by atoms with Gasteiger partial charge in [0.2, 0.25) is 11.4 Å². The number of fused-ring (bicyclic) bond motifs is 2. The van der Waals surface area contributed by atoms with Gasteiger partial charge in [0.15, 0.2) is 22.9 Å². The first-order valence-corrected chi connectivity index (χ1v) is 15.4. The molecule has 1 aliphatic carbocycles. The van der Waals surface area contributed by atoms with Gasteiger partial charge in [0.25, 0.3) is 5.91 Å². The molecule has 15 heteroatoms. The lowest BCUT2D eigenvalue weighted by Crippen LogP contribution is -2.37. The SMILES string of the molecule is NC(=O)c1c(Nc2cnc(-c3csc4c(=O)cc(N5CCOCC5)oc34)s2)nc(N[C@@H]2CCCC[C@@H]2O)n2ccnc12. The van der Waals surface area contributed by atoms with Crippen molar-refractivity contribution in [3.8, 4) is 10.6 Å². The quantitative estimate of drug-likeness (QED) is 0.213. The van der Waals surface area contributed by atoms with Gasteiger partial charge in [-0.25, -0.2) is 9.97 Å². The molecule has 2 atom stereocenters. The second-order valence-electron chi connectivity index (χ2n) is 10.3. The summed E-state index contributed by atoms with van der Waals surface area (Å²) in [5, 5.41) is 20.2. The summed E-state index contributed by atoms with van der Waals surface area (Å²) in [4.78, 5) is 41.1. The van der Waals surface area contributed by atoms with Crippen LogP contribution in [0.15, 0.2) is 39.2 Å². The smallest absolute Gasteiger partial charge is 0.256 e. The number of aliphatic hydroxyl groups is 1. The average Bonchev–Trinajstić information content (AvgIpc) is 3.75. The second-order valence-corrected chi connectivity index (χ2v) is 12.2. The van der Waals surface area contributed by atoms with Gasteiger partial charge in [-0.05, 0) is 12.8 Å². The number of hydrogen-bond donors (Lipinski definition) is 4. The number of thiazole rings is 1. The van der Waals surface area contributed by atoms with Crippen molar-refractivity contribution < 1.29 is 19.1 Å². The predicted octanol–water partition coefficient (Wildman–Crippen LogP) is 3.42. The van der Waals surface area contributed by atoms with Crippen LogP contribution in [-0.2, 0) is 4.74 Å². The maximum absolute atomic E-state index is 12.9. The molecule has 1 saturated heterocycles. The topological polar surface area (TPSA) is 173 Å². The molecule has 5 aromatic heterocycles. The van der Waals surface area contributed by atoms with Crippen molar-refractivity contribution >= 4 is 67.2 Å². The summed E-state index contributed by atoms with van der Waals surface area (Å²) in [5.41, 5.74) is 7.36. The molecule has 7 rings (SSSR count). The van der Waals surface area contributed by atoms with Crippen LogP contribution in [0.1, 0.15) is 36.0 Å². The number of carbonyl (C=O) groups excluding carboxylic acids is 1. The van der Waals surface area contributed by atoms with Crippen LogP contribution in [0.4, 0.5) is 22.7 Å². The first kappa shape index (κ1) is 26.8. The summed E-state index contributed by atoms with van der Waals surface area (Å²) in [6.45, 7) is 2.44. The number of imidazole rings is 1. The number of primary amides is 1. The highest BCUT2D eigenvalue weighted by molar-refractivity contribution is 7.20. The molecule has 0 radical (unpaired) electrons. The third-order valence-corrected chi connectivity index (χ3v) is 9.49. The molecule has 5 N–H and O–H groups in total. The number of morpholine rings is 1. The van der Waals surface area contributed by atoms with Crippen LogP contribution >= 0.6 is 22.7 Å². The van der Waals surface area contributed by atoms with E-state index in [1.165, 1.54) is 28.7 Å². The molecule has 0 aromatic carbocycles. The fourth-order valence-electron chi connectivity index (χ4n) is 5.44. The Morgan fingerprint density at radius 2 is 2.02 bits per heavy atom. The van der Waals surface area contributed by atoms with Crippen LogP contribution < -0.4 is 26.7 Å². The number of nitrogens with zero attached hydrogens (tertiary/aromatic N) is 5. The van der Waals surface area contributed by atoms with Gasteiger partial charge in [0.05, 0.1) is 37.1 Å². The van der Waals surface area contributed by atoms with E-state index in [9.17, 15) is 14.7 Å². The fraction of sp³-hybridized carbons (Fsp3) is 0.370. The molecule has 0 bridgehead atoms. The zero-order valence-electron chi connectivity index (χ0n) is 22.4. The van der Waals surface area contributed by atoms with Gasteiger partial charge < -0.3 is 35.5 Å². The molecule has 0 unspecified atom stereocenters. The van der Waals surface area contributed by atoms with Crippen molar-refractivity contribution in [2.75, 3.05) is 41.8 Å². The molecule has 42 heavy (non-hydrogen) atoms. The summed E-state index contributed by atoms with van der Waals surface area (Å²) in [6, 6.07) is 1.35. The van der Waals surface area contributed by atoms with E-state index >= 15 is 0 Å². The lowest BCUT2D eigenvalue weighted by atomic mass is 9.93. The Balaban J connectivity index is 1.23. The second kappa shape index (κ2) is 11.0. The van der Waals surface area contributed by atoms with E-state index in [4.69, 9.17) is 19.9 Å². The van der Waals surface area contributed by atoms with E-state index in [1.807, 2.05) is 10.3 Å². The van der Waals surface area contributed by atoms with Crippen molar-refractivity contribution in [2.45, 2.75) is 37.8 Å². The first-order chi connectivity index (χ1) is 20.5. The average molecular weight is 609 g/mol. The van der Waals surface area contributed by atoms with Gasteiger partial charge in [-0.3, -0.25) is 14.0 Å². The van der Waals surface area contributed by atoms with E-state index < -0.39 is 12.0 Å². The number of aliphatic hydroxyl groups excluding tert-OH is 1. The molecule has 6 heterocycles. The van der Waals surface area contributed by atoms with Gasteiger partial charge in [0.1, 0.15) is 20.3 Å². The van der Waals surface area contributed by atoms with E-state index in [1.54, 1.807) is 23.0 Å². The van der Waals surface area contributed by atoms with Crippen molar-refractivity contribution in [1.29, 1.82) is 0 Å². The van der Waals surface area contributed by atoms with Crippen molar-refractivity contribution in [2.24, 2.45) is 5.73 Å². The Morgan fingerprint density at radius 1 is 1.19 bits per heavy atom. The van der Waals surface area contributed by atoms with E-state index in [0.717, 1.165) is 19.3 Å². The summed E-state index contributed by atoms with van der Waals surface area (Å²) in [5.74, 6) is 0.487. The molecule has 13 nitrogen and oxygen atoms in total. The number of rotatable bonds is 7. The molecular formula is C27H28N8O5S2. The monoisotopic (exact) mass is 608 g/mol. The Hall–Kier alpha value is -4.05. The highest BCUT2D eigenvalue weighted by Gasteiger charge is 2.27. The number of nitrogens with two attached hydrogens (primary N) is 1. The molecule has 2 aliphatic rings. The summed E-state index contributed by atoms with van der Waals surface area (Å²) >= 11 is 2.64. The number of anilines is 4. The van der Waals surface area contributed by atoms with Crippen LogP contribution in [0.5, 0.6) is 0 Å². The Bertz CT molecular complexity index is 1840. The Morgan fingerprint density at radius 3 is 2.83 bits per heavy atom.